The average Bonchev–Trinajstić information content (AvgIpc) is 3.18. The summed E-state index contributed by atoms with van der Waals surface area (Å²) in [5, 5.41) is 0. The van der Waals surface area contributed by atoms with E-state index in [-0.39, 0.29) is 31.1 Å². The molecular formula is C49H92O6. The molecule has 0 saturated carbocycles. The molecule has 0 bridgehead atoms. The molecule has 0 aromatic heterocycles. The Bertz CT molecular complexity index is 854. The molecule has 0 spiro atoms. The van der Waals surface area contributed by atoms with Crippen LogP contribution in [0.3, 0.4) is 0 Å². The average molecular weight is 777 g/mol. The number of esters is 3. The molecule has 0 aromatic carbocycles. The Kier molecular flexibility index (Phi) is 43.4. The molecule has 0 unspecified atom stereocenters. The van der Waals surface area contributed by atoms with Gasteiger partial charge >= 0.3 is 17.9 Å². The van der Waals surface area contributed by atoms with Crippen molar-refractivity contribution in [2.75, 3.05) is 13.2 Å². The van der Waals surface area contributed by atoms with Gasteiger partial charge in [0.1, 0.15) is 13.2 Å². The Hall–Kier alpha value is -1.85. The molecule has 324 valence electrons. The number of hydrogen-bond donors (Lipinski definition) is 0. The van der Waals surface area contributed by atoms with Crippen LogP contribution in [-0.2, 0) is 28.6 Å². The topological polar surface area (TPSA) is 78.9 Å². The number of carbonyl (C=O) groups excluding carboxylic acids is 3. The first-order chi connectivity index (χ1) is 27.0. The Morgan fingerprint density at radius 2 is 0.600 bits per heavy atom. The summed E-state index contributed by atoms with van der Waals surface area (Å²) < 4.78 is 16.7. The second-order valence-electron chi connectivity index (χ2n) is 16.4. The number of rotatable bonds is 44. The van der Waals surface area contributed by atoms with Gasteiger partial charge in [0.2, 0.25) is 0 Å². The third kappa shape index (κ3) is 43.1. The Morgan fingerprint density at radius 1 is 0.345 bits per heavy atom. The zero-order valence-electron chi connectivity index (χ0n) is 37.0. The van der Waals surface area contributed by atoms with E-state index in [2.05, 4.69) is 32.9 Å². The highest BCUT2D eigenvalue weighted by atomic mass is 16.6. The van der Waals surface area contributed by atoms with Gasteiger partial charge in [-0.25, -0.2) is 0 Å². The third-order valence-corrected chi connectivity index (χ3v) is 10.8. The highest BCUT2D eigenvalue weighted by Gasteiger charge is 2.19. The predicted molar refractivity (Wildman–Crippen MR) is 233 cm³/mol. The maximum absolute atomic E-state index is 12.7. The van der Waals surface area contributed by atoms with Crippen molar-refractivity contribution >= 4 is 17.9 Å². The fourth-order valence-electron chi connectivity index (χ4n) is 7.08. The quantitative estimate of drug-likeness (QED) is 0.0265. The first kappa shape index (κ1) is 53.1. The fraction of sp³-hybridized carbons (Fsp3) is 0.898. The minimum Gasteiger partial charge on any atom is -0.462 e. The second kappa shape index (κ2) is 44.9. The Labute approximate surface area is 341 Å². The minimum atomic E-state index is -0.764. The van der Waals surface area contributed by atoms with Crippen LogP contribution in [0.15, 0.2) is 12.2 Å². The van der Waals surface area contributed by atoms with Gasteiger partial charge in [0.25, 0.3) is 0 Å². The molecule has 6 heteroatoms. The monoisotopic (exact) mass is 777 g/mol. The highest BCUT2D eigenvalue weighted by molar-refractivity contribution is 5.71. The van der Waals surface area contributed by atoms with Crippen LogP contribution in [0.1, 0.15) is 265 Å². The molecule has 0 heterocycles. The smallest absolute Gasteiger partial charge is 0.306 e. The van der Waals surface area contributed by atoms with Gasteiger partial charge in [-0.15, -0.1) is 0 Å². The van der Waals surface area contributed by atoms with Gasteiger partial charge in [-0.3, -0.25) is 14.4 Å². The molecule has 1 atom stereocenters. The lowest BCUT2D eigenvalue weighted by molar-refractivity contribution is -0.167. The van der Waals surface area contributed by atoms with Crippen molar-refractivity contribution in [1.29, 1.82) is 0 Å². The van der Waals surface area contributed by atoms with E-state index in [4.69, 9.17) is 14.2 Å². The number of unbranched alkanes of at least 4 members (excludes halogenated alkanes) is 31. The third-order valence-electron chi connectivity index (χ3n) is 10.8. The Morgan fingerprint density at radius 3 is 0.927 bits per heavy atom. The number of carbonyl (C=O) groups is 3. The fourth-order valence-corrected chi connectivity index (χ4v) is 7.08. The molecule has 0 aromatic rings. The number of hydrogen-bond acceptors (Lipinski definition) is 6. The summed E-state index contributed by atoms with van der Waals surface area (Å²) in [7, 11) is 0. The van der Waals surface area contributed by atoms with Crippen molar-refractivity contribution in [3.05, 3.63) is 12.2 Å². The first-order valence-corrected chi connectivity index (χ1v) is 24.2. The van der Waals surface area contributed by atoms with Gasteiger partial charge in [0.15, 0.2) is 6.10 Å². The maximum Gasteiger partial charge on any atom is 0.306 e. The van der Waals surface area contributed by atoms with E-state index in [0.717, 1.165) is 64.2 Å². The van der Waals surface area contributed by atoms with E-state index >= 15 is 0 Å². The van der Waals surface area contributed by atoms with Crippen LogP contribution in [0.25, 0.3) is 0 Å². The predicted octanol–water partition coefficient (Wildman–Crippen LogP) is 15.4. The molecule has 0 N–H and O–H groups in total. The van der Waals surface area contributed by atoms with Crippen LogP contribution in [0.5, 0.6) is 0 Å². The molecule has 0 fully saturated rings. The standard InChI is InChI=1S/C49H92O6/c1-4-7-10-13-16-19-22-25-28-30-33-36-39-42-48(51)54-45-46(55-49(52)43-40-37-34-31-27-24-21-18-15-12-9-6-3)44-53-47(50)41-38-35-32-29-26-23-20-17-14-11-8-5-2/h19,22,46H,4-18,20-21,23-45H2,1-3H3/b22-19-/t46-/m1/s1. The summed E-state index contributed by atoms with van der Waals surface area (Å²) in [4.78, 5) is 37.8. The lowest BCUT2D eigenvalue weighted by Gasteiger charge is -2.18. The normalized spacial score (nSPS) is 12.0. The summed E-state index contributed by atoms with van der Waals surface area (Å²) in [6.07, 6.45) is 47.6. The van der Waals surface area contributed by atoms with E-state index in [0.29, 0.717) is 19.3 Å². The van der Waals surface area contributed by atoms with E-state index in [1.165, 1.54) is 161 Å². The van der Waals surface area contributed by atoms with Crippen LogP contribution in [0, 0.1) is 0 Å². The number of ether oxygens (including phenoxy) is 3. The van der Waals surface area contributed by atoms with Crippen molar-refractivity contribution in [3.63, 3.8) is 0 Å². The SMILES string of the molecule is CCCCCC/C=C\CCCCCCCC(=O)OC[C@@H](COC(=O)CCCCCCCCCCCCCC)OC(=O)CCCCCCCCCCCCCC. The van der Waals surface area contributed by atoms with Crippen molar-refractivity contribution in [2.45, 2.75) is 271 Å². The molecule has 6 nitrogen and oxygen atoms in total. The highest BCUT2D eigenvalue weighted by Crippen LogP contribution is 2.15. The maximum atomic E-state index is 12.7. The van der Waals surface area contributed by atoms with Crippen LogP contribution in [0.2, 0.25) is 0 Å². The van der Waals surface area contributed by atoms with Gasteiger partial charge in [-0.2, -0.15) is 0 Å². The molecule has 0 saturated heterocycles. The summed E-state index contributed by atoms with van der Waals surface area (Å²) >= 11 is 0. The van der Waals surface area contributed by atoms with Gasteiger partial charge in [-0.1, -0.05) is 213 Å². The Balaban J connectivity index is 4.34. The largest absolute Gasteiger partial charge is 0.462 e. The van der Waals surface area contributed by atoms with Crippen LogP contribution in [0.4, 0.5) is 0 Å². The molecule has 0 rings (SSSR count). The van der Waals surface area contributed by atoms with Gasteiger partial charge in [-0.05, 0) is 44.9 Å². The first-order valence-electron chi connectivity index (χ1n) is 24.2. The van der Waals surface area contributed by atoms with Gasteiger partial charge < -0.3 is 14.2 Å². The summed E-state index contributed by atoms with van der Waals surface area (Å²) in [6, 6.07) is 0. The lowest BCUT2D eigenvalue weighted by Crippen LogP contribution is -2.30. The molecule has 0 aliphatic carbocycles. The van der Waals surface area contributed by atoms with Crippen molar-refractivity contribution in [2.24, 2.45) is 0 Å². The molecular weight excluding hydrogens is 685 g/mol. The van der Waals surface area contributed by atoms with E-state index in [9.17, 15) is 14.4 Å². The second-order valence-corrected chi connectivity index (χ2v) is 16.4. The van der Waals surface area contributed by atoms with Crippen molar-refractivity contribution < 1.29 is 28.6 Å². The summed E-state index contributed by atoms with van der Waals surface area (Å²) in [5.41, 5.74) is 0. The van der Waals surface area contributed by atoms with Crippen LogP contribution >= 0.6 is 0 Å². The number of allylic oxidation sites excluding steroid dienone is 2. The van der Waals surface area contributed by atoms with E-state index in [1.54, 1.807) is 0 Å². The zero-order valence-corrected chi connectivity index (χ0v) is 37.0. The molecule has 0 radical (unpaired) electrons. The minimum absolute atomic E-state index is 0.0677. The molecule has 55 heavy (non-hydrogen) atoms. The van der Waals surface area contributed by atoms with Gasteiger partial charge in [0.05, 0.1) is 0 Å². The molecule has 0 aliphatic heterocycles. The van der Waals surface area contributed by atoms with Crippen LogP contribution < -0.4 is 0 Å². The lowest BCUT2D eigenvalue weighted by atomic mass is 10.0. The van der Waals surface area contributed by atoms with Crippen molar-refractivity contribution in [3.8, 4) is 0 Å². The summed E-state index contributed by atoms with van der Waals surface area (Å²) in [6.45, 7) is 6.63. The van der Waals surface area contributed by atoms with E-state index < -0.39 is 6.10 Å². The molecule has 0 aliphatic rings. The van der Waals surface area contributed by atoms with Crippen molar-refractivity contribution in [1.82, 2.24) is 0 Å². The molecule has 0 amide bonds. The van der Waals surface area contributed by atoms with E-state index in [1.807, 2.05) is 0 Å². The van der Waals surface area contributed by atoms with Crippen LogP contribution in [-0.4, -0.2) is 37.2 Å². The summed E-state index contributed by atoms with van der Waals surface area (Å²) in [5.74, 6) is -0.866. The zero-order chi connectivity index (χ0) is 40.1. The van der Waals surface area contributed by atoms with Gasteiger partial charge in [0, 0.05) is 19.3 Å².